The molecule has 0 bridgehead atoms. The number of benzene rings is 3. The van der Waals surface area contributed by atoms with Crippen molar-refractivity contribution < 1.29 is 8.91 Å². The van der Waals surface area contributed by atoms with Crippen LogP contribution in [0.15, 0.2) is 77.3 Å². The number of aryl methyl sites for hydroxylation is 1. The van der Waals surface area contributed by atoms with Crippen molar-refractivity contribution in [2.45, 2.75) is 19.8 Å². The van der Waals surface area contributed by atoms with Gasteiger partial charge in [0.15, 0.2) is 0 Å². The highest BCUT2D eigenvalue weighted by Gasteiger charge is 2.18. The molecule has 4 aromatic rings. The minimum Gasteiger partial charge on any atom is -0.337 e. The van der Waals surface area contributed by atoms with Gasteiger partial charge in [-0.3, -0.25) is 0 Å². The molecule has 0 radical (unpaired) electrons. The maximum atomic E-state index is 14.7. The van der Waals surface area contributed by atoms with E-state index in [1.54, 1.807) is 6.07 Å². The van der Waals surface area contributed by atoms with Gasteiger partial charge in [-0.1, -0.05) is 60.7 Å². The van der Waals surface area contributed by atoms with E-state index in [-0.39, 0.29) is 11.7 Å². The first-order valence-electron chi connectivity index (χ1n) is 9.13. The van der Waals surface area contributed by atoms with Crippen molar-refractivity contribution in [2.75, 3.05) is 5.32 Å². The minimum absolute atomic E-state index is 0.223. The molecule has 1 heterocycles. The number of nitrogens with one attached hydrogen (secondary N) is 1. The van der Waals surface area contributed by atoms with E-state index in [0.717, 1.165) is 22.4 Å². The van der Waals surface area contributed by atoms with Crippen molar-refractivity contribution in [3.05, 3.63) is 95.6 Å². The van der Waals surface area contributed by atoms with Crippen LogP contribution in [-0.2, 0) is 0 Å². The predicted octanol–water partition coefficient (Wildman–Crippen LogP) is 6.08. The molecule has 5 heteroatoms. The molecule has 3 aromatic carbocycles. The summed E-state index contributed by atoms with van der Waals surface area (Å²) < 4.78 is 20.1. The third-order valence-corrected chi connectivity index (χ3v) is 4.78. The van der Waals surface area contributed by atoms with E-state index in [1.165, 1.54) is 6.07 Å². The zero-order valence-corrected chi connectivity index (χ0v) is 15.7. The summed E-state index contributed by atoms with van der Waals surface area (Å²) in [5, 5.41) is 7.15. The van der Waals surface area contributed by atoms with Crippen LogP contribution in [0, 0.1) is 12.7 Å². The van der Waals surface area contributed by atoms with Gasteiger partial charge in [-0.2, -0.15) is 4.98 Å². The molecular formula is C23H20FN3O. The average molecular weight is 373 g/mol. The Bertz CT molecular complexity index is 1090. The van der Waals surface area contributed by atoms with Crippen LogP contribution in [0.25, 0.3) is 11.1 Å². The first-order chi connectivity index (χ1) is 13.6. The van der Waals surface area contributed by atoms with Crippen LogP contribution in [0.1, 0.15) is 29.9 Å². The molecule has 0 aliphatic carbocycles. The number of halogens is 1. The molecule has 0 saturated heterocycles. The van der Waals surface area contributed by atoms with Gasteiger partial charge in [-0.05, 0) is 47.8 Å². The molecule has 0 aliphatic heterocycles. The molecule has 28 heavy (non-hydrogen) atoms. The smallest absolute Gasteiger partial charge is 0.267 e. The maximum Gasteiger partial charge on any atom is 0.267 e. The second kappa shape index (κ2) is 7.64. The number of para-hydroxylation sites is 1. The summed E-state index contributed by atoms with van der Waals surface area (Å²) in [7, 11) is 0. The Morgan fingerprint density at radius 2 is 1.71 bits per heavy atom. The molecule has 1 N–H and O–H groups in total. The van der Waals surface area contributed by atoms with Crippen LogP contribution < -0.4 is 5.32 Å². The lowest BCUT2D eigenvalue weighted by Crippen LogP contribution is -1.99. The average Bonchev–Trinajstić information content (AvgIpc) is 3.18. The SMILES string of the molecule is Cc1ccccc1Nc1noc(C(C)c2ccc(-c3ccccc3)c(F)c2)n1. The summed E-state index contributed by atoms with van der Waals surface area (Å²) in [6.07, 6.45) is 0. The highest BCUT2D eigenvalue weighted by atomic mass is 19.1. The fourth-order valence-electron chi connectivity index (χ4n) is 3.09. The number of aromatic nitrogens is 2. The van der Waals surface area contributed by atoms with E-state index in [2.05, 4.69) is 15.5 Å². The van der Waals surface area contributed by atoms with E-state index in [0.29, 0.717) is 17.4 Å². The van der Waals surface area contributed by atoms with Crippen LogP contribution in [0.4, 0.5) is 16.0 Å². The molecule has 1 aromatic heterocycles. The summed E-state index contributed by atoms with van der Waals surface area (Å²) in [5.74, 6) is 0.327. The van der Waals surface area contributed by atoms with E-state index in [9.17, 15) is 4.39 Å². The van der Waals surface area contributed by atoms with E-state index < -0.39 is 0 Å². The first kappa shape index (κ1) is 17.9. The second-order valence-electron chi connectivity index (χ2n) is 6.72. The fraction of sp³-hybridized carbons (Fsp3) is 0.130. The van der Waals surface area contributed by atoms with Gasteiger partial charge in [-0.15, -0.1) is 0 Å². The normalized spacial score (nSPS) is 12.0. The van der Waals surface area contributed by atoms with Crippen molar-refractivity contribution in [3.8, 4) is 11.1 Å². The monoisotopic (exact) mass is 373 g/mol. The molecule has 0 amide bonds. The van der Waals surface area contributed by atoms with Crippen molar-refractivity contribution in [2.24, 2.45) is 0 Å². The number of hydrogen-bond acceptors (Lipinski definition) is 4. The Balaban J connectivity index is 1.55. The third-order valence-electron chi connectivity index (χ3n) is 4.78. The van der Waals surface area contributed by atoms with Gasteiger partial charge in [0.2, 0.25) is 5.89 Å². The highest BCUT2D eigenvalue weighted by Crippen LogP contribution is 2.29. The molecule has 0 aliphatic rings. The van der Waals surface area contributed by atoms with E-state index in [4.69, 9.17) is 4.52 Å². The van der Waals surface area contributed by atoms with Gasteiger partial charge >= 0.3 is 0 Å². The first-order valence-corrected chi connectivity index (χ1v) is 9.13. The van der Waals surface area contributed by atoms with Crippen LogP contribution >= 0.6 is 0 Å². The maximum absolute atomic E-state index is 14.7. The van der Waals surface area contributed by atoms with E-state index in [1.807, 2.05) is 74.5 Å². The number of hydrogen-bond donors (Lipinski definition) is 1. The van der Waals surface area contributed by atoms with Crippen molar-refractivity contribution in [3.63, 3.8) is 0 Å². The summed E-state index contributed by atoms with van der Waals surface area (Å²) >= 11 is 0. The lowest BCUT2D eigenvalue weighted by atomic mass is 9.97. The summed E-state index contributed by atoms with van der Waals surface area (Å²) in [6, 6.07) is 22.6. The standard InChI is InChI=1S/C23H20FN3O/c1-15-8-6-7-11-21(15)25-23-26-22(28-27-23)16(2)18-12-13-19(20(24)14-18)17-9-4-3-5-10-17/h3-14,16H,1-2H3,(H,25,27). The quantitative estimate of drug-likeness (QED) is 0.461. The molecule has 1 atom stereocenters. The molecule has 4 rings (SSSR count). The molecule has 4 nitrogen and oxygen atoms in total. The Morgan fingerprint density at radius 1 is 0.964 bits per heavy atom. The zero-order valence-electron chi connectivity index (χ0n) is 15.7. The molecule has 140 valence electrons. The summed E-state index contributed by atoms with van der Waals surface area (Å²) in [5.41, 5.74) is 4.20. The molecule has 0 fully saturated rings. The molecular weight excluding hydrogens is 353 g/mol. The molecule has 0 spiro atoms. The van der Waals surface area contributed by atoms with Crippen LogP contribution in [-0.4, -0.2) is 10.1 Å². The van der Waals surface area contributed by atoms with Crippen LogP contribution in [0.3, 0.4) is 0 Å². The Kier molecular flexibility index (Phi) is 4.89. The van der Waals surface area contributed by atoms with Gasteiger partial charge < -0.3 is 9.84 Å². The topological polar surface area (TPSA) is 51.0 Å². The fourth-order valence-corrected chi connectivity index (χ4v) is 3.09. The minimum atomic E-state index is -0.270. The number of anilines is 2. The van der Waals surface area contributed by atoms with Gasteiger partial charge in [0.1, 0.15) is 5.82 Å². The van der Waals surface area contributed by atoms with Crippen molar-refractivity contribution >= 4 is 11.6 Å². The van der Waals surface area contributed by atoms with Crippen LogP contribution in [0.2, 0.25) is 0 Å². The highest BCUT2D eigenvalue weighted by molar-refractivity contribution is 5.64. The van der Waals surface area contributed by atoms with Crippen LogP contribution in [0.5, 0.6) is 0 Å². The van der Waals surface area contributed by atoms with Gasteiger partial charge in [0.25, 0.3) is 5.95 Å². The van der Waals surface area contributed by atoms with E-state index >= 15 is 0 Å². The van der Waals surface area contributed by atoms with Gasteiger partial charge in [-0.25, -0.2) is 4.39 Å². The Hall–Kier alpha value is -3.47. The third kappa shape index (κ3) is 3.64. The van der Waals surface area contributed by atoms with Gasteiger partial charge in [0, 0.05) is 11.3 Å². The summed E-state index contributed by atoms with van der Waals surface area (Å²) in [6.45, 7) is 3.92. The number of rotatable bonds is 5. The molecule has 0 saturated carbocycles. The van der Waals surface area contributed by atoms with Crippen molar-refractivity contribution in [1.29, 1.82) is 0 Å². The Morgan fingerprint density at radius 3 is 2.46 bits per heavy atom. The lowest BCUT2D eigenvalue weighted by molar-refractivity contribution is 0.371. The van der Waals surface area contributed by atoms with Gasteiger partial charge in [0.05, 0.1) is 5.92 Å². The predicted molar refractivity (Wildman–Crippen MR) is 108 cm³/mol. The largest absolute Gasteiger partial charge is 0.337 e. The zero-order chi connectivity index (χ0) is 19.5. The lowest BCUT2D eigenvalue weighted by Gasteiger charge is -2.10. The molecule has 1 unspecified atom stereocenters. The Labute approximate surface area is 163 Å². The second-order valence-corrected chi connectivity index (χ2v) is 6.72. The van der Waals surface area contributed by atoms with Crippen molar-refractivity contribution in [1.82, 2.24) is 10.1 Å². The summed E-state index contributed by atoms with van der Waals surface area (Å²) in [4.78, 5) is 4.42. The number of nitrogens with zero attached hydrogens (tertiary/aromatic N) is 2.